The van der Waals surface area contributed by atoms with Gasteiger partial charge in [-0.05, 0) is 87.9 Å². The summed E-state index contributed by atoms with van der Waals surface area (Å²) in [4.78, 5) is 12.7. The van der Waals surface area contributed by atoms with E-state index in [2.05, 4.69) is 26.0 Å². The average molecular weight is 445 g/mol. The molecule has 3 saturated carbocycles. The number of esters is 1. The van der Waals surface area contributed by atoms with Crippen molar-refractivity contribution in [2.45, 2.75) is 142 Å². The fourth-order valence-electron chi connectivity index (χ4n) is 6.68. The van der Waals surface area contributed by atoms with E-state index in [1.807, 2.05) is 0 Å². The third-order valence-corrected chi connectivity index (χ3v) is 8.96. The molecule has 184 valence electrons. The maximum Gasteiger partial charge on any atom is 0.309 e. The monoisotopic (exact) mass is 444 g/mol. The van der Waals surface area contributed by atoms with E-state index in [1.165, 1.54) is 96.3 Å². The molecule has 0 amide bonds. The lowest BCUT2D eigenvalue weighted by molar-refractivity contribution is -0.157. The van der Waals surface area contributed by atoms with Crippen LogP contribution in [0.2, 0.25) is 0 Å². The van der Waals surface area contributed by atoms with Crippen molar-refractivity contribution in [3.8, 4) is 0 Å². The number of allylic oxidation sites excluding steroid dienone is 2. The van der Waals surface area contributed by atoms with Crippen molar-refractivity contribution in [2.24, 2.45) is 29.6 Å². The normalized spacial score (nSPS) is 33.9. The fourth-order valence-corrected chi connectivity index (χ4v) is 6.68. The molecular formula is C30H52O2. The second kappa shape index (κ2) is 14.5. The Kier molecular flexibility index (Phi) is 11.7. The molecule has 0 atom stereocenters. The lowest BCUT2D eigenvalue weighted by atomic mass is 9.78. The number of carbonyl (C=O) groups excluding carboxylic acids is 1. The molecule has 0 heterocycles. The van der Waals surface area contributed by atoms with Crippen LogP contribution in [0.15, 0.2) is 12.2 Å². The van der Waals surface area contributed by atoms with Crippen molar-refractivity contribution < 1.29 is 9.53 Å². The van der Waals surface area contributed by atoms with E-state index >= 15 is 0 Å². The van der Waals surface area contributed by atoms with Gasteiger partial charge in [-0.25, -0.2) is 0 Å². The molecule has 3 aliphatic rings. The summed E-state index contributed by atoms with van der Waals surface area (Å²) < 4.78 is 5.93. The molecule has 0 aliphatic heterocycles. The fraction of sp³-hybridized carbons (Fsp3) is 0.900. The van der Waals surface area contributed by atoms with E-state index in [1.54, 1.807) is 0 Å². The summed E-state index contributed by atoms with van der Waals surface area (Å²) in [6.07, 6.45) is 29.7. The van der Waals surface area contributed by atoms with Crippen LogP contribution in [0.5, 0.6) is 0 Å². The number of ether oxygens (including phenoxy) is 1. The van der Waals surface area contributed by atoms with E-state index in [-0.39, 0.29) is 18.0 Å². The second-order valence-electron chi connectivity index (χ2n) is 11.5. The van der Waals surface area contributed by atoms with Gasteiger partial charge in [0.25, 0.3) is 0 Å². The predicted octanol–water partition coefficient (Wildman–Crippen LogP) is 9.03. The summed E-state index contributed by atoms with van der Waals surface area (Å²) in [6.45, 7) is 4.59. The maximum absolute atomic E-state index is 12.7. The van der Waals surface area contributed by atoms with E-state index in [0.717, 1.165) is 43.4 Å². The van der Waals surface area contributed by atoms with Crippen LogP contribution >= 0.6 is 0 Å². The van der Waals surface area contributed by atoms with Crippen molar-refractivity contribution in [2.75, 3.05) is 0 Å². The summed E-state index contributed by atoms with van der Waals surface area (Å²) in [5.41, 5.74) is 0. The summed E-state index contributed by atoms with van der Waals surface area (Å²) in [6, 6.07) is 0. The largest absolute Gasteiger partial charge is 0.462 e. The Bertz CT molecular complexity index is 529. The zero-order chi connectivity index (χ0) is 22.6. The Hall–Kier alpha value is -0.790. The van der Waals surface area contributed by atoms with Crippen LogP contribution in [0.1, 0.15) is 136 Å². The summed E-state index contributed by atoms with van der Waals surface area (Å²) in [5.74, 6) is 3.84. The highest BCUT2D eigenvalue weighted by Crippen LogP contribution is 2.35. The Morgan fingerprint density at radius 3 is 1.94 bits per heavy atom. The minimum absolute atomic E-state index is 0.112. The Morgan fingerprint density at radius 1 is 0.719 bits per heavy atom. The van der Waals surface area contributed by atoms with Gasteiger partial charge in [-0.3, -0.25) is 4.79 Å². The first kappa shape index (κ1) is 25.8. The molecule has 2 nitrogen and oxygen atoms in total. The molecule has 0 spiro atoms. The molecule has 0 bridgehead atoms. The van der Waals surface area contributed by atoms with Crippen molar-refractivity contribution in [3.05, 3.63) is 12.2 Å². The predicted molar refractivity (Wildman–Crippen MR) is 136 cm³/mol. The van der Waals surface area contributed by atoms with Crippen LogP contribution in [0.3, 0.4) is 0 Å². The highest BCUT2D eigenvalue weighted by molar-refractivity contribution is 5.72. The molecule has 0 aromatic carbocycles. The van der Waals surface area contributed by atoms with Crippen molar-refractivity contribution in [1.82, 2.24) is 0 Å². The van der Waals surface area contributed by atoms with E-state index < -0.39 is 0 Å². The summed E-state index contributed by atoms with van der Waals surface area (Å²) in [5, 5.41) is 0. The first-order valence-electron chi connectivity index (χ1n) is 14.5. The Labute approximate surface area is 199 Å². The number of rotatable bonds is 11. The highest BCUT2D eigenvalue weighted by Gasteiger charge is 2.30. The molecule has 3 fully saturated rings. The average Bonchev–Trinajstić information content (AvgIpc) is 2.83. The maximum atomic E-state index is 12.7. The molecule has 2 heteroatoms. The first-order valence-corrected chi connectivity index (χ1v) is 14.5. The smallest absolute Gasteiger partial charge is 0.309 e. The van der Waals surface area contributed by atoms with Crippen LogP contribution in [0.25, 0.3) is 0 Å². The van der Waals surface area contributed by atoms with Crippen LogP contribution in [-0.2, 0) is 9.53 Å². The lowest BCUT2D eigenvalue weighted by Crippen LogP contribution is -2.30. The third kappa shape index (κ3) is 8.86. The summed E-state index contributed by atoms with van der Waals surface area (Å²) in [7, 11) is 0. The van der Waals surface area contributed by atoms with Gasteiger partial charge in [0.1, 0.15) is 6.10 Å². The molecular weight excluding hydrogens is 392 g/mol. The van der Waals surface area contributed by atoms with Gasteiger partial charge in [0.05, 0.1) is 5.92 Å². The van der Waals surface area contributed by atoms with Crippen LogP contribution in [0, 0.1) is 29.6 Å². The molecule has 3 aliphatic carbocycles. The van der Waals surface area contributed by atoms with E-state index in [4.69, 9.17) is 4.74 Å². The third-order valence-electron chi connectivity index (χ3n) is 8.96. The quantitative estimate of drug-likeness (QED) is 0.235. The van der Waals surface area contributed by atoms with Crippen LogP contribution in [0.4, 0.5) is 0 Å². The molecule has 3 rings (SSSR count). The minimum Gasteiger partial charge on any atom is -0.462 e. The first-order chi connectivity index (χ1) is 15.7. The van der Waals surface area contributed by atoms with Gasteiger partial charge in [-0.1, -0.05) is 83.8 Å². The Morgan fingerprint density at radius 2 is 1.31 bits per heavy atom. The van der Waals surface area contributed by atoms with Crippen molar-refractivity contribution >= 4 is 5.97 Å². The molecule has 0 N–H and O–H groups in total. The Balaban J connectivity index is 1.24. The molecule has 0 aromatic heterocycles. The van der Waals surface area contributed by atoms with Crippen LogP contribution < -0.4 is 0 Å². The second-order valence-corrected chi connectivity index (χ2v) is 11.5. The van der Waals surface area contributed by atoms with Gasteiger partial charge < -0.3 is 4.74 Å². The molecule has 0 unspecified atom stereocenters. The molecule has 0 saturated heterocycles. The van der Waals surface area contributed by atoms with Gasteiger partial charge in [-0.2, -0.15) is 0 Å². The minimum atomic E-state index is 0.112. The number of hydrogen-bond donors (Lipinski definition) is 0. The van der Waals surface area contributed by atoms with Crippen LogP contribution in [-0.4, -0.2) is 12.1 Å². The molecule has 32 heavy (non-hydrogen) atoms. The van der Waals surface area contributed by atoms with E-state index in [0.29, 0.717) is 5.92 Å². The SMILES string of the molecule is CCCCC1CCC(CC/C=C/C2CCC(C(=O)OC3CCC(CCC)CC3)CC2)CC1. The lowest BCUT2D eigenvalue weighted by Gasteiger charge is -2.31. The summed E-state index contributed by atoms with van der Waals surface area (Å²) >= 11 is 0. The highest BCUT2D eigenvalue weighted by atomic mass is 16.5. The van der Waals surface area contributed by atoms with Crippen molar-refractivity contribution in [1.29, 1.82) is 0 Å². The van der Waals surface area contributed by atoms with Gasteiger partial charge in [-0.15, -0.1) is 0 Å². The van der Waals surface area contributed by atoms with Gasteiger partial charge in [0.2, 0.25) is 0 Å². The zero-order valence-corrected chi connectivity index (χ0v) is 21.4. The standard InChI is InChI=1S/C30H52O2/c1-3-5-9-25-12-14-26(15-13-25)10-6-7-11-27-16-20-28(21-17-27)30(31)32-29-22-18-24(8-4-2)19-23-29/h7,11,24-29H,3-6,8-10,12-23H2,1-2H3/b11-7+. The van der Waals surface area contributed by atoms with Crippen molar-refractivity contribution in [3.63, 3.8) is 0 Å². The number of unbranched alkanes of at least 4 members (excludes halogenated alkanes) is 1. The van der Waals surface area contributed by atoms with E-state index in [9.17, 15) is 4.79 Å². The zero-order valence-electron chi connectivity index (χ0n) is 21.4. The van der Waals surface area contributed by atoms with Gasteiger partial charge in [0.15, 0.2) is 0 Å². The topological polar surface area (TPSA) is 26.3 Å². The number of carbonyl (C=O) groups is 1. The molecule has 0 radical (unpaired) electrons. The molecule has 0 aromatic rings. The van der Waals surface area contributed by atoms with Gasteiger partial charge in [0, 0.05) is 0 Å². The van der Waals surface area contributed by atoms with Gasteiger partial charge >= 0.3 is 5.97 Å². The number of hydrogen-bond acceptors (Lipinski definition) is 2.